The topological polar surface area (TPSA) is 82.1 Å². The molecule has 5 nitrogen and oxygen atoms in total. The third-order valence-electron chi connectivity index (χ3n) is 1.46. The molecule has 0 atom stereocenters. The van der Waals surface area contributed by atoms with Crippen molar-refractivity contribution >= 4 is 16.1 Å². The summed E-state index contributed by atoms with van der Waals surface area (Å²) in [5, 5.41) is 0. The second-order valence-electron chi connectivity index (χ2n) is 2.46. The Morgan fingerprint density at radius 2 is 2.21 bits per heavy atom. The molecule has 1 N–H and O–H groups in total. The molecule has 0 saturated carbocycles. The van der Waals surface area contributed by atoms with E-state index in [1.54, 1.807) is 10.8 Å². The second-order valence-corrected chi connectivity index (χ2v) is 3.57. The van der Waals surface area contributed by atoms with Gasteiger partial charge in [0, 0.05) is 6.20 Å². The van der Waals surface area contributed by atoms with Crippen LogP contribution < -0.4 is 34.3 Å². The molecule has 72 valence electrons. The van der Waals surface area contributed by atoms with E-state index in [0.717, 1.165) is 12.0 Å². The number of hydrogen-bond donors (Lipinski definition) is 1. The molecule has 1 aromatic rings. The van der Waals surface area contributed by atoms with Crippen LogP contribution in [-0.2, 0) is 16.7 Å². The maximum atomic E-state index is 10.3. The van der Waals surface area contributed by atoms with Crippen molar-refractivity contribution in [2.45, 2.75) is 13.3 Å². The van der Waals surface area contributed by atoms with Crippen LogP contribution in [0.25, 0.3) is 0 Å². The Kier molecular flexibility index (Phi) is 5.61. The van der Waals surface area contributed by atoms with Crippen molar-refractivity contribution in [2.75, 3.05) is 4.72 Å². The molecular formula is C7H9N2NaO3S. The molecule has 7 heteroatoms. The molecule has 14 heavy (non-hydrogen) atoms. The van der Waals surface area contributed by atoms with Crippen LogP contribution in [0, 0.1) is 0 Å². The van der Waals surface area contributed by atoms with Crippen LogP contribution in [0.15, 0.2) is 18.3 Å². The maximum absolute atomic E-state index is 10.3. The average Bonchev–Trinajstić information content (AvgIpc) is 2.01. The largest absolute Gasteiger partial charge is 1.00 e. The first-order chi connectivity index (χ1) is 6.01. The summed E-state index contributed by atoms with van der Waals surface area (Å²) in [6, 6.07) is 3.28. The van der Waals surface area contributed by atoms with Gasteiger partial charge in [0.05, 0.1) is 0 Å². The Bertz CT molecular complexity index is 394. The zero-order valence-electron chi connectivity index (χ0n) is 8.02. The summed E-state index contributed by atoms with van der Waals surface area (Å²) in [6.45, 7) is 1.92. The molecule has 0 aromatic carbocycles. The summed E-state index contributed by atoms with van der Waals surface area (Å²) in [5.41, 5.74) is 0.918. The number of aryl methyl sites for hydroxylation is 1. The summed E-state index contributed by atoms with van der Waals surface area (Å²) < 4.78 is 32.6. The predicted octanol–water partition coefficient (Wildman–Crippen LogP) is -2.48. The Balaban J connectivity index is 0.00000169. The number of aromatic nitrogens is 1. The first-order valence-electron chi connectivity index (χ1n) is 3.70. The van der Waals surface area contributed by atoms with Crippen LogP contribution in [-0.4, -0.2) is 18.0 Å². The van der Waals surface area contributed by atoms with Crippen LogP contribution in [0.1, 0.15) is 12.5 Å². The van der Waals surface area contributed by atoms with E-state index in [0.29, 0.717) is 0 Å². The maximum Gasteiger partial charge on any atom is 1.00 e. The van der Waals surface area contributed by atoms with Gasteiger partial charge in [0.1, 0.15) is 5.82 Å². The minimum Gasteiger partial charge on any atom is -0.731 e. The minimum absolute atomic E-state index is 0. The van der Waals surface area contributed by atoms with Gasteiger partial charge in [0.2, 0.25) is 0 Å². The summed E-state index contributed by atoms with van der Waals surface area (Å²) in [5.74, 6) is 0.0642. The van der Waals surface area contributed by atoms with Gasteiger partial charge in [-0.15, -0.1) is 0 Å². The fourth-order valence-electron chi connectivity index (χ4n) is 0.878. The fourth-order valence-corrected chi connectivity index (χ4v) is 1.25. The van der Waals surface area contributed by atoms with Crippen LogP contribution in [0.5, 0.6) is 0 Å². The number of nitrogens with one attached hydrogen (secondary N) is 1. The fraction of sp³-hybridized carbons (Fsp3) is 0.286. The standard InChI is InChI=1S/C7H10N2O3S.Na/c1-2-6-3-4-8-7(5-6)9-13(10,11)12;/h3-5H,2H2,1H3,(H,8,9)(H,10,11,12);/q;+1/p-1. The molecule has 0 bridgehead atoms. The van der Waals surface area contributed by atoms with Crippen molar-refractivity contribution in [3.8, 4) is 0 Å². The Hall–Kier alpha value is -0.140. The van der Waals surface area contributed by atoms with E-state index < -0.39 is 10.3 Å². The van der Waals surface area contributed by atoms with Crippen LogP contribution in [0.3, 0.4) is 0 Å². The van der Waals surface area contributed by atoms with E-state index in [-0.39, 0.29) is 35.4 Å². The van der Waals surface area contributed by atoms with E-state index >= 15 is 0 Å². The number of pyridine rings is 1. The van der Waals surface area contributed by atoms with Crippen LogP contribution >= 0.6 is 0 Å². The third kappa shape index (κ3) is 4.92. The van der Waals surface area contributed by atoms with Crippen molar-refractivity contribution in [3.05, 3.63) is 23.9 Å². The monoisotopic (exact) mass is 224 g/mol. The molecule has 0 spiro atoms. The van der Waals surface area contributed by atoms with Crippen molar-refractivity contribution in [1.29, 1.82) is 0 Å². The van der Waals surface area contributed by atoms with E-state index in [1.165, 1.54) is 12.3 Å². The van der Waals surface area contributed by atoms with E-state index in [2.05, 4.69) is 4.98 Å². The third-order valence-corrected chi connectivity index (χ3v) is 1.92. The van der Waals surface area contributed by atoms with Gasteiger partial charge in [-0.2, -0.15) is 0 Å². The number of hydrogen-bond acceptors (Lipinski definition) is 4. The number of rotatable bonds is 3. The van der Waals surface area contributed by atoms with Crippen molar-refractivity contribution in [3.63, 3.8) is 0 Å². The summed E-state index contributed by atoms with van der Waals surface area (Å²) >= 11 is 0. The first kappa shape index (κ1) is 13.9. The molecule has 0 unspecified atom stereocenters. The second kappa shape index (κ2) is 5.67. The zero-order chi connectivity index (χ0) is 9.90. The van der Waals surface area contributed by atoms with Gasteiger partial charge < -0.3 is 4.55 Å². The van der Waals surface area contributed by atoms with Crippen molar-refractivity contribution < 1.29 is 42.5 Å². The molecule has 0 aliphatic carbocycles. The van der Waals surface area contributed by atoms with Crippen LogP contribution in [0.2, 0.25) is 0 Å². The Morgan fingerprint density at radius 3 is 2.71 bits per heavy atom. The molecular weight excluding hydrogens is 215 g/mol. The number of anilines is 1. The van der Waals surface area contributed by atoms with Gasteiger partial charge in [0.15, 0.2) is 10.3 Å². The molecule has 0 aliphatic rings. The van der Waals surface area contributed by atoms with Crippen LogP contribution in [0.4, 0.5) is 5.82 Å². The normalized spacial score (nSPS) is 10.4. The van der Waals surface area contributed by atoms with Crippen molar-refractivity contribution in [2.24, 2.45) is 0 Å². The molecule has 0 fully saturated rings. The van der Waals surface area contributed by atoms with Crippen molar-refractivity contribution in [1.82, 2.24) is 4.98 Å². The minimum atomic E-state index is -4.46. The molecule has 0 amide bonds. The zero-order valence-corrected chi connectivity index (χ0v) is 10.8. The molecule has 0 saturated heterocycles. The first-order valence-corrected chi connectivity index (χ1v) is 5.10. The van der Waals surface area contributed by atoms with Gasteiger partial charge in [-0.25, -0.2) is 13.4 Å². The van der Waals surface area contributed by atoms with Gasteiger partial charge in [0.25, 0.3) is 0 Å². The Labute approximate surface area is 105 Å². The van der Waals surface area contributed by atoms with Gasteiger partial charge >= 0.3 is 29.6 Å². The molecule has 0 radical (unpaired) electrons. The summed E-state index contributed by atoms with van der Waals surface area (Å²) in [4.78, 5) is 3.68. The smallest absolute Gasteiger partial charge is 0.731 e. The van der Waals surface area contributed by atoms with Gasteiger partial charge in [-0.3, -0.25) is 4.72 Å². The summed E-state index contributed by atoms with van der Waals surface area (Å²) in [7, 11) is -4.46. The Morgan fingerprint density at radius 1 is 1.57 bits per heavy atom. The van der Waals surface area contributed by atoms with E-state index in [1.807, 2.05) is 6.92 Å². The predicted molar refractivity (Wildman–Crippen MR) is 46.9 cm³/mol. The quantitative estimate of drug-likeness (QED) is 0.455. The van der Waals surface area contributed by atoms with E-state index in [9.17, 15) is 13.0 Å². The van der Waals surface area contributed by atoms with E-state index in [4.69, 9.17) is 0 Å². The average molecular weight is 224 g/mol. The summed E-state index contributed by atoms with van der Waals surface area (Å²) in [6.07, 6.45) is 2.21. The van der Waals surface area contributed by atoms with Gasteiger partial charge in [-0.1, -0.05) is 6.92 Å². The SMILES string of the molecule is CCc1ccnc(NS(=O)(=O)[O-])c1.[Na+]. The molecule has 1 aromatic heterocycles. The molecule has 1 heterocycles. The molecule has 1 rings (SSSR count). The van der Waals surface area contributed by atoms with Gasteiger partial charge in [-0.05, 0) is 24.1 Å². The molecule has 0 aliphatic heterocycles. The number of nitrogens with zero attached hydrogens (tertiary/aromatic N) is 1.